The molecule has 7 heteroatoms. The molecule has 29 heavy (non-hydrogen) atoms. The fourth-order valence-electron chi connectivity index (χ4n) is 3.92. The van der Waals surface area contributed by atoms with Crippen LogP contribution in [0.25, 0.3) is 0 Å². The van der Waals surface area contributed by atoms with Crippen LogP contribution in [-0.4, -0.2) is 47.9 Å². The number of hydrogen-bond donors (Lipinski definition) is 1. The number of nitrogens with zero attached hydrogens (tertiary/aromatic N) is 2. The molecule has 152 valence electrons. The first-order valence-corrected chi connectivity index (χ1v) is 10.6. The van der Waals surface area contributed by atoms with Gasteiger partial charge in [-0.05, 0) is 55.2 Å². The van der Waals surface area contributed by atoms with E-state index in [1.807, 2.05) is 29.2 Å². The van der Waals surface area contributed by atoms with Crippen LogP contribution in [0.1, 0.15) is 24.8 Å². The molecule has 2 aromatic carbocycles. The summed E-state index contributed by atoms with van der Waals surface area (Å²) in [7, 11) is 0. The molecule has 0 radical (unpaired) electrons. The topological polar surface area (TPSA) is 52.7 Å². The average Bonchev–Trinajstić information content (AvgIpc) is 3.52. The molecule has 0 spiro atoms. The van der Waals surface area contributed by atoms with Gasteiger partial charge in [-0.1, -0.05) is 41.4 Å². The van der Waals surface area contributed by atoms with Gasteiger partial charge in [-0.25, -0.2) is 4.79 Å². The first-order valence-electron chi connectivity index (χ1n) is 9.85. The standard InChI is InChI=1S/C22H23Cl2N3O2/c23-17-7-5-16(6-8-17)22(9-10-22)20(28)26-11-2-12-27(14-13-26)21(29)25-19-4-1-3-18(24)15-19/h1,3-8,15H,2,9-14H2,(H,25,29). The normalized spacial score (nSPS) is 18.1. The molecule has 2 aliphatic rings. The highest BCUT2D eigenvalue weighted by molar-refractivity contribution is 6.31. The minimum absolute atomic E-state index is 0.164. The van der Waals surface area contributed by atoms with E-state index in [0.29, 0.717) is 41.9 Å². The highest BCUT2D eigenvalue weighted by atomic mass is 35.5. The van der Waals surface area contributed by atoms with E-state index < -0.39 is 5.41 Å². The van der Waals surface area contributed by atoms with Crippen molar-refractivity contribution in [3.63, 3.8) is 0 Å². The van der Waals surface area contributed by atoms with E-state index >= 15 is 0 Å². The molecule has 1 saturated heterocycles. The van der Waals surface area contributed by atoms with Crippen molar-refractivity contribution in [3.05, 3.63) is 64.1 Å². The predicted molar refractivity (Wildman–Crippen MR) is 116 cm³/mol. The molecular formula is C22H23Cl2N3O2. The molecular weight excluding hydrogens is 409 g/mol. The maximum Gasteiger partial charge on any atom is 0.321 e. The summed E-state index contributed by atoms with van der Waals surface area (Å²) < 4.78 is 0. The summed E-state index contributed by atoms with van der Waals surface area (Å²) in [5, 5.41) is 4.14. The number of nitrogens with one attached hydrogen (secondary N) is 1. The van der Waals surface area contributed by atoms with Crippen LogP contribution in [0.15, 0.2) is 48.5 Å². The Bertz CT molecular complexity index is 913. The number of hydrogen-bond acceptors (Lipinski definition) is 2. The van der Waals surface area contributed by atoms with Gasteiger partial charge in [-0.2, -0.15) is 0 Å². The van der Waals surface area contributed by atoms with Crippen LogP contribution >= 0.6 is 23.2 Å². The van der Waals surface area contributed by atoms with Crippen LogP contribution < -0.4 is 5.32 Å². The molecule has 0 unspecified atom stereocenters. The lowest BCUT2D eigenvalue weighted by atomic mass is 9.94. The van der Waals surface area contributed by atoms with Crippen molar-refractivity contribution in [1.82, 2.24) is 9.80 Å². The Balaban J connectivity index is 1.39. The third kappa shape index (κ3) is 4.36. The Labute approximate surface area is 180 Å². The first kappa shape index (κ1) is 20.0. The zero-order chi connectivity index (χ0) is 20.4. The number of rotatable bonds is 3. The van der Waals surface area contributed by atoms with E-state index in [2.05, 4.69) is 5.32 Å². The molecule has 1 aliphatic heterocycles. The van der Waals surface area contributed by atoms with E-state index in [0.717, 1.165) is 24.8 Å². The van der Waals surface area contributed by atoms with Gasteiger partial charge in [0.25, 0.3) is 0 Å². The molecule has 2 aromatic rings. The van der Waals surface area contributed by atoms with E-state index in [1.54, 1.807) is 29.2 Å². The van der Waals surface area contributed by atoms with Crippen LogP contribution in [-0.2, 0) is 10.2 Å². The molecule has 0 atom stereocenters. The second-order valence-corrected chi connectivity index (χ2v) is 8.54. The summed E-state index contributed by atoms with van der Waals surface area (Å²) >= 11 is 12.0. The van der Waals surface area contributed by atoms with Crippen molar-refractivity contribution >= 4 is 40.8 Å². The average molecular weight is 432 g/mol. The Kier molecular flexibility index (Phi) is 5.70. The van der Waals surface area contributed by atoms with Gasteiger partial charge in [0.15, 0.2) is 0 Å². The SMILES string of the molecule is O=C(Nc1cccc(Cl)c1)N1CCCN(C(=O)C2(c3ccc(Cl)cc3)CC2)CC1. The quantitative estimate of drug-likeness (QED) is 0.758. The first-order chi connectivity index (χ1) is 14.0. The van der Waals surface area contributed by atoms with E-state index in [-0.39, 0.29) is 11.9 Å². The monoisotopic (exact) mass is 431 g/mol. The van der Waals surface area contributed by atoms with Crippen molar-refractivity contribution in [2.75, 3.05) is 31.5 Å². The van der Waals surface area contributed by atoms with Gasteiger partial charge in [0.1, 0.15) is 0 Å². The molecule has 4 rings (SSSR count). The van der Waals surface area contributed by atoms with Gasteiger partial charge >= 0.3 is 6.03 Å². The third-order valence-electron chi connectivity index (χ3n) is 5.70. The van der Waals surface area contributed by atoms with Crippen molar-refractivity contribution in [3.8, 4) is 0 Å². The fourth-order valence-corrected chi connectivity index (χ4v) is 4.23. The van der Waals surface area contributed by atoms with Crippen LogP contribution in [0.5, 0.6) is 0 Å². The molecule has 1 N–H and O–H groups in total. The second-order valence-electron chi connectivity index (χ2n) is 7.66. The highest BCUT2D eigenvalue weighted by Crippen LogP contribution is 2.49. The zero-order valence-corrected chi connectivity index (χ0v) is 17.5. The summed E-state index contributed by atoms with van der Waals surface area (Å²) in [6.07, 6.45) is 2.48. The minimum Gasteiger partial charge on any atom is -0.340 e. The summed E-state index contributed by atoms with van der Waals surface area (Å²) in [5.74, 6) is 0.164. The smallest absolute Gasteiger partial charge is 0.321 e. The molecule has 0 bridgehead atoms. The van der Waals surface area contributed by atoms with Crippen LogP contribution in [0.4, 0.5) is 10.5 Å². The number of anilines is 1. The number of halogens is 2. The number of urea groups is 1. The molecule has 2 fully saturated rings. The molecule has 0 aromatic heterocycles. The molecule has 1 aliphatic carbocycles. The lowest BCUT2D eigenvalue weighted by molar-refractivity contribution is -0.133. The van der Waals surface area contributed by atoms with Crippen LogP contribution in [0.3, 0.4) is 0 Å². The minimum atomic E-state index is -0.414. The van der Waals surface area contributed by atoms with Gasteiger partial charge in [0.2, 0.25) is 5.91 Å². The highest BCUT2D eigenvalue weighted by Gasteiger charge is 2.53. The lowest BCUT2D eigenvalue weighted by Crippen LogP contribution is -2.42. The van der Waals surface area contributed by atoms with Gasteiger partial charge in [-0.3, -0.25) is 4.79 Å². The van der Waals surface area contributed by atoms with E-state index in [9.17, 15) is 9.59 Å². The van der Waals surface area contributed by atoms with E-state index in [1.165, 1.54) is 0 Å². The van der Waals surface area contributed by atoms with E-state index in [4.69, 9.17) is 23.2 Å². The third-order valence-corrected chi connectivity index (χ3v) is 6.19. The van der Waals surface area contributed by atoms with Crippen molar-refractivity contribution in [2.45, 2.75) is 24.7 Å². The maximum absolute atomic E-state index is 13.3. The number of amides is 3. The fraction of sp³-hybridized carbons (Fsp3) is 0.364. The predicted octanol–water partition coefficient (Wildman–Crippen LogP) is 4.79. The number of carbonyl (C=O) groups is 2. The molecule has 1 heterocycles. The summed E-state index contributed by atoms with van der Waals surface area (Å²) in [6, 6.07) is 14.5. The summed E-state index contributed by atoms with van der Waals surface area (Å²) in [4.78, 5) is 29.6. The van der Waals surface area contributed by atoms with Gasteiger partial charge in [0, 0.05) is 41.9 Å². The lowest BCUT2D eigenvalue weighted by Gasteiger charge is -2.27. The molecule has 1 saturated carbocycles. The number of benzene rings is 2. The molecule has 3 amide bonds. The Morgan fingerprint density at radius 2 is 1.55 bits per heavy atom. The van der Waals surface area contributed by atoms with Gasteiger partial charge in [0.05, 0.1) is 5.41 Å². The summed E-state index contributed by atoms with van der Waals surface area (Å²) in [5.41, 5.74) is 1.29. The van der Waals surface area contributed by atoms with Crippen molar-refractivity contribution < 1.29 is 9.59 Å². The van der Waals surface area contributed by atoms with Crippen molar-refractivity contribution in [2.24, 2.45) is 0 Å². The zero-order valence-electron chi connectivity index (χ0n) is 16.0. The largest absolute Gasteiger partial charge is 0.340 e. The summed E-state index contributed by atoms with van der Waals surface area (Å²) in [6.45, 7) is 2.32. The van der Waals surface area contributed by atoms with Gasteiger partial charge < -0.3 is 15.1 Å². The Morgan fingerprint density at radius 1 is 0.862 bits per heavy atom. The molecule has 5 nitrogen and oxygen atoms in total. The van der Waals surface area contributed by atoms with Crippen molar-refractivity contribution in [1.29, 1.82) is 0 Å². The maximum atomic E-state index is 13.3. The second kappa shape index (κ2) is 8.25. The van der Waals surface area contributed by atoms with Crippen LogP contribution in [0, 0.1) is 0 Å². The van der Waals surface area contributed by atoms with Crippen LogP contribution in [0.2, 0.25) is 10.0 Å². The Hall–Kier alpha value is -2.24. The Morgan fingerprint density at radius 3 is 2.24 bits per heavy atom. The number of carbonyl (C=O) groups excluding carboxylic acids is 2. The van der Waals surface area contributed by atoms with Gasteiger partial charge in [-0.15, -0.1) is 0 Å².